The molecular formula is C9H10ClN5O4S. The summed E-state index contributed by atoms with van der Waals surface area (Å²) in [6.07, 6.45) is 4.21. The number of hydrogen-bond donors (Lipinski definition) is 0. The molecule has 0 aliphatic carbocycles. The maximum absolute atomic E-state index is 11.3. The van der Waals surface area contributed by atoms with E-state index in [4.69, 9.17) is 10.7 Å². The van der Waals surface area contributed by atoms with Crippen LogP contribution in [0.15, 0.2) is 23.6 Å². The summed E-state index contributed by atoms with van der Waals surface area (Å²) in [5, 5.41) is 14.4. The van der Waals surface area contributed by atoms with Gasteiger partial charge in [0.05, 0.1) is 29.5 Å². The second kappa shape index (κ2) is 5.21. The Labute approximate surface area is 118 Å². The zero-order valence-electron chi connectivity index (χ0n) is 10.3. The fourth-order valence-electron chi connectivity index (χ4n) is 1.70. The van der Waals surface area contributed by atoms with Crippen LogP contribution < -0.4 is 0 Å². The highest BCUT2D eigenvalue weighted by atomic mass is 35.7. The van der Waals surface area contributed by atoms with E-state index in [0.29, 0.717) is 6.54 Å². The van der Waals surface area contributed by atoms with Gasteiger partial charge < -0.3 is 14.7 Å². The molecule has 2 heterocycles. The number of halogens is 1. The normalized spacial score (nSPS) is 11.7. The van der Waals surface area contributed by atoms with E-state index in [1.807, 2.05) is 11.5 Å². The number of aryl methyl sites for hydroxylation is 1. The summed E-state index contributed by atoms with van der Waals surface area (Å²) in [5.41, 5.74) is 0.739. The average molecular weight is 320 g/mol. The summed E-state index contributed by atoms with van der Waals surface area (Å²) in [5.74, 6) is -0.789. The van der Waals surface area contributed by atoms with E-state index in [9.17, 15) is 18.5 Å². The zero-order valence-corrected chi connectivity index (χ0v) is 11.9. The average Bonchev–Trinajstić information content (AvgIpc) is 2.95. The van der Waals surface area contributed by atoms with E-state index in [0.717, 1.165) is 16.6 Å². The summed E-state index contributed by atoms with van der Waals surface area (Å²) in [6.45, 7) is 2.73. The van der Waals surface area contributed by atoms with Crippen molar-refractivity contribution in [3.63, 3.8) is 0 Å². The van der Waals surface area contributed by atoms with Crippen molar-refractivity contribution in [3.8, 4) is 0 Å². The van der Waals surface area contributed by atoms with Crippen LogP contribution in [0.25, 0.3) is 0 Å². The molecule has 0 saturated carbocycles. The third kappa shape index (κ3) is 2.80. The first-order chi connectivity index (χ1) is 9.32. The first-order valence-corrected chi connectivity index (χ1v) is 7.79. The SMILES string of the molecule is CCn1cncc1Cn1cc(S(=O)(=O)Cl)c([N+](=O)[O-])n1. The van der Waals surface area contributed by atoms with Crippen LogP contribution in [0.5, 0.6) is 0 Å². The lowest BCUT2D eigenvalue weighted by molar-refractivity contribution is -0.392. The van der Waals surface area contributed by atoms with Gasteiger partial charge in [0.2, 0.25) is 4.90 Å². The van der Waals surface area contributed by atoms with Gasteiger partial charge >= 0.3 is 5.82 Å². The molecule has 2 aromatic rings. The van der Waals surface area contributed by atoms with Gasteiger partial charge in [-0.15, -0.1) is 0 Å². The molecule has 2 rings (SSSR count). The standard InChI is InChI=1S/C9H10ClN5O4S/c1-2-13-6-11-3-7(13)4-14-5-8(20(10,18)19)9(12-14)15(16)17/h3,5-6H,2,4H2,1H3. The summed E-state index contributed by atoms with van der Waals surface area (Å²) in [6, 6.07) is 0. The molecule has 0 radical (unpaired) electrons. The predicted molar refractivity (Wildman–Crippen MR) is 68.9 cm³/mol. The number of aromatic nitrogens is 4. The van der Waals surface area contributed by atoms with Gasteiger partial charge in [0.1, 0.15) is 6.54 Å². The van der Waals surface area contributed by atoms with Gasteiger partial charge in [0.15, 0.2) is 0 Å². The molecule has 0 amide bonds. The van der Waals surface area contributed by atoms with Crippen LogP contribution in [-0.2, 0) is 22.1 Å². The van der Waals surface area contributed by atoms with Crippen LogP contribution in [-0.4, -0.2) is 32.7 Å². The molecule has 0 aromatic carbocycles. The topological polar surface area (TPSA) is 113 Å². The number of nitro groups is 1. The monoisotopic (exact) mass is 319 g/mol. The van der Waals surface area contributed by atoms with Crippen LogP contribution in [0.2, 0.25) is 0 Å². The Morgan fingerprint density at radius 1 is 1.50 bits per heavy atom. The molecule has 20 heavy (non-hydrogen) atoms. The van der Waals surface area contributed by atoms with Crippen LogP contribution in [0, 0.1) is 10.1 Å². The predicted octanol–water partition coefficient (Wildman–Crippen LogP) is 0.983. The van der Waals surface area contributed by atoms with E-state index in [-0.39, 0.29) is 6.54 Å². The van der Waals surface area contributed by atoms with Gasteiger partial charge in [-0.2, -0.15) is 4.68 Å². The van der Waals surface area contributed by atoms with Gasteiger partial charge in [-0.05, 0) is 11.8 Å². The van der Waals surface area contributed by atoms with Crippen molar-refractivity contribution in [2.45, 2.75) is 24.9 Å². The zero-order chi connectivity index (χ0) is 14.9. The van der Waals surface area contributed by atoms with E-state index in [2.05, 4.69) is 10.1 Å². The Morgan fingerprint density at radius 2 is 2.20 bits per heavy atom. The lowest BCUT2D eigenvalue weighted by atomic mass is 10.4. The first kappa shape index (κ1) is 14.5. The molecule has 0 N–H and O–H groups in total. The van der Waals surface area contributed by atoms with Crippen molar-refractivity contribution in [3.05, 3.63) is 34.5 Å². The van der Waals surface area contributed by atoms with Gasteiger partial charge in [-0.25, -0.2) is 13.4 Å². The van der Waals surface area contributed by atoms with Crippen molar-refractivity contribution in [2.75, 3.05) is 0 Å². The summed E-state index contributed by atoms with van der Waals surface area (Å²) in [4.78, 5) is 13.2. The molecule has 9 nitrogen and oxygen atoms in total. The second-order valence-electron chi connectivity index (χ2n) is 3.88. The minimum absolute atomic E-state index is 0.154. The fourth-order valence-corrected chi connectivity index (χ4v) is 2.61. The number of rotatable bonds is 5. The van der Waals surface area contributed by atoms with Crippen molar-refractivity contribution in [1.82, 2.24) is 19.3 Å². The maximum atomic E-state index is 11.3. The minimum Gasteiger partial charge on any atom is -0.358 e. The Hall–Kier alpha value is -1.94. The van der Waals surface area contributed by atoms with Crippen LogP contribution in [0.4, 0.5) is 5.82 Å². The van der Waals surface area contributed by atoms with Crippen molar-refractivity contribution >= 4 is 25.6 Å². The highest BCUT2D eigenvalue weighted by molar-refractivity contribution is 8.13. The molecule has 2 aromatic heterocycles. The Balaban J connectivity index is 2.42. The molecule has 0 aliphatic rings. The Morgan fingerprint density at radius 3 is 2.70 bits per heavy atom. The summed E-state index contributed by atoms with van der Waals surface area (Å²) >= 11 is 0. The van der Waals surface area contributed by atoms with Crippen LogP contribution in [0.1, 0.15) is 12.6 Å². The van der Waals surface area contributed by atoms with Crippen molar-refractivity contribution in [1.29, 1.82) is 0 Å². The molecule has 0 aliphatic heterocycles. The maximum Gasteiger partial charge on any atom is 0.410 e. The van der Waals surface area contributed by atoms with E-state index in [1.165, 1.54) is 0 Å². The second-order valence-corrected chi connectivity index (χ2v) is 6.41. The minimum atomic E-state index is -4.23. The van der Waals surface area contributed by atoms with Gasteiger partial charge in [-0.3, -0.25) is 0 Å². The van der Waals surface area contributed by atoms with E-state index in [1.54, 1.807) is 12.5 Å². The molecule has 0 atom stereocenters. The first-order valence-electron chi connectivity index (χ1n) is 5.48. The van der Waals surface area contributed by atoms with Crippen molar-refractivity contribution in [2.24, 2.45) is 0 Å². The lowest BCUT2D eigenvalue weighted by Crippen LogP contribution is -2.06. The molecule has 0 spiro atoms. The Kier molecular flexibility index (Phi) is 3.77. The molecule has 0 saturated heterocycles. The third-order valence-electron chi connectivity index (χ3n) is 2.61. The van der Waals surface area contributed by atoms with E-state index >= 15 is 0 Å². The number of hydrogen-bond acceptors (Lipinski definition) is 6. The smallest absolute Gasteiger partial charge is 0.358 e. The van der Waals surface area contributed by atoms with Gasteiger partial charge in [0, 0.05) is 17.2 Å². The molecule has 0 fully saturated rings. The van der Waals surface area contributed by atoms with Crippen molar-refractivity contribution < 1.29 is 13.3 Å². The quantitative estimate of drug-likeness (QED) is 0.461. The van der Waals surface area contributed by atoms with Gasteiger partial charge in [0.25, 0.3) is 9.05 Å². The van der Waals surface area contributed by atoms with Crippen LogP contribution in [0.3, 0.4) is 0 Å². The molecular weight excluding hydrogens is 310 g/mol. The van der Waals surface area contributed by atoms with E-state index < -0.39 is 24.7 Å². The molecule has 108 valence electrons. The lowest BCUT2D eigenvalue weighted by Gasteiger charge is -2.02. The summed E-state index contributed by atoms with van der Waals surface area (Å²) in [7, 11) is 0.931. The molecule has 0 bridgehead atoms. The highest BCUT2D eigenvalue weighted by Gasteiger charge is 2.30. The van der Waals surface area contributed by atoms with Crippen LogP contribution >= 0.6 is 10.7 Å². The Bertz CT molecular complexity index is 750. The summed E-state index contributed by atoms with van der Waals surface area (Å²) < 4.78 is 25.5. The highest BCUT2D eigenvalue weighted by Crippen LogP contribution is 2.25. The molecule has 11 heteroatoms. The fraction of sp³-hybridized carbons (Fsp3) is 0.333. The third-order valence-corrected chi connectivity index (χ3v) is 3.92. The largest absolute Gasteiger partial charge is 0.410 e. The number of nitrogens with zero attached hydrogens (tertiary/aromatic N) is 5. The number of imidazole rings is 1. The molecule has 0 unspecified atom stereocenters. The van der Waals surface area contributed by atoms with Gasteiger partial charge in [-0.1, -0.05) is 0 Å².